The molecule has 2 unspecified atom stereocenters. The first-order chi connectivity index (χ1) is 6.20. The molecule has 2 N–H and O–H groups in total. The minimum atomic E-state index is 0.219. The van der Waals surface area contributed by atoms with Crippen molar-refractivity contribution in [3.63, 3.8) is 0 Å². The number of aryl methyl sites for hydroxylation is 1. The van der Waals surface area contributed by atoms with Gasteiger partial charge in [0, 0.05) is 11.6 Å². The summed E-state index contributed by atoms with van der Waals surface area (Å²) in [5, 5.41) is 4.99. The molecule has 1 aliphatic carbocycles. The van der Waals surface area contributed by atoms with Crippen LogP contribution >= 0.6 is 11.6 Å². The van der Waals surface area contributed by atoms with E-state index in [0.29, 0.717) is 6.04 Å². The monoisotopic (exact) mass is 199 g/mol. The van der Waals surface area contributed by atoms with Gasteiger partial charge in [-0.1, -0.05) is 11.6 Å². The molecule has 0 aromatic carbocycles. The Bertz CT molecular complexity index is 308. The molecule has 4 heteroatoms. The summed E-state index contributed by atoms with van der Waals surface area (Å²) >= 11 is 6.10. The summed E-state index contributed by atoms with van der Waals surface area (Å²) in [5.41, 5.74) is 7.00. The zero-order valence-corrected chi connectivity index (χ0v) is 8.46. The van der Waals surface area contributed by atoms with Crippen molar-refractivity contribution in [2.45, 2.75) is 38.3 Å². The van der Waals surface area contributed by atoms with Gasteiger partial charge < -0.3 is 5.73 Å². The molecule has 2 atom stereocenters. The van der Waals surface area contributed by atoms with Crippen LogP contribution in [0.2, 0.25) is 5.15 Å². The van der Waals surface area contributed by atoms with Crippen molar-refractivity contribution in [3.05, 3.63) is 16.9 Å². The van der Waals surface area contributed by atoms with Crippen LogP contribution in [0.1, 0.15) is 30.9 Å². The number of hydrogen-bond donors (Lipinski definition) is 1. The molecule has 0 amide bonds. The maximum Gasteiger partial charge on any atom is 0.130 e. The molecular weight excluding hydrogens is 186 g/mol. The molecule has 13 heavy (non-hydrogen) atoms. The Kier molecular flexibility index (Phi) is 2.30. The first-order valence-corrected chi connectivity index (χ1v) is 5.03. The van der Waals surface area contributed by atoms with E-state index in [1.54, 1.807) is 6.20 Å². The summed E-state index contributed by atoms with van der Waals surface area (Å²) in [6, 6.07) is 0.526. The van der Waals surface area contributed by atoms with Gasteiger partial charge in [-0.3, -0.25) is 0 Å². The largest absolute Gasteiger partial charge is 0.326 e. The number of nitrogens with zero attached hydrogens (tertiary/aromatic N) is 2. The van der Waals surface area contributed by atoms with E-state index in [1.165, 1.54) is 6.42 Å². The molecule has 2 rings (SSSR count). The first-order valence-electron chi connectivity index (χ1n) is 4.65. The molecule has 0 radical (unpaired) electrons. The standard InChI is InChI=1S/C9H14ClN3/c1-6-5-12-13(9(6)10)8-4-2-3-7(8)11/h5,7-8H,2-4,11H2,1H3. The SMILES string of the molecule is Cc1cnn(C2CCCC2N)c1Cl. The molecule has 0 bridgehead atoms. The predicted octanol–water partition coefficient (Wildman–Crippen LogP) is 1.90. The molecule has 1 heterocycles. The van der Waals surface area contributed by atoms with Crippen molar-refractivity contribution in [1.29, 1.82) is 0 Å². The Hall–Kier alpha value is -0.540. The summed E-state index contributed by atoms with van der Waals surface area (Å²) in [5.74, 6) is 0. The second-order valence-electron chi connectivity index (χ2n) is 3.73. The van der Waals surface area contributed by atoms with Gasteiger partial charge in [-0.15, -0.1) is 0 Å². The molecule has 3 nitrogen and oxygen atoms in total. The smallest absolute Gasteiger partial charge is 0.130 e. The third-order valence-corrected chi connectivity index (χ3v) is 3.22. The molecule has 0 saturated heterocycles. The van der Waals surface area contributed by atoms with E-state index in [0.717, 1.165) is 23.6 Å². The van der Waals surface area contributed by atoms with Crippen molar-refractivity contribution < 1.29 is 0 Å². The Balaban J connectivity index is 2.29. The summed E-state index contributed by atoms with van der Waals surface area (Å²) in [4.78, 5) is 0. The molecule has 1 aliphatic rings. The van der Waals surface area contributed by atoms with E-state index < -0.39 is 0 Å². The van der Waals surface area contributed by atoms with E-state index in [4.69, 9.17) is 17.3 Å². The first kappa shape index (κ1) is 9.03. The van der Waals surface area contributed by atoms with E-state index in [1.807, 2.05) is 11.6 Å². The highest BCUT2D eigenvalue weighted by atomic mass is 35.5. The number of hydrogen-bond acceptors (Lipinski definition) is 2. The lowest BCUT2D eigenvalue weighted by atomic mass is 10.2. The Labute approximate surface area is 82.9 Å². The molecule has 1 fully saturated rings. The topological polar surface area (TPSA) is 43.8 Å². The number of aromatic nitrogens is 2. The van der Waals surface area contributed by atoms with Gasteiger partial charge in [0.1, 0.15) is 5.15 Å². The lowest BCUT2D eigenvalue weighted by Crippen LogP contribution is -2.27. The molecule has 1 aromatic heterocycles. The number of rotatable bonds is 1. The summed E-state index contributed by atoms with van der Waals surface area (Å²) in [6.45, 7) is 1.96. The number of halogens is 1. The molecular formula is C9H14ClN3. The average molecular weight is 200 g/mol. The average Bonchev–Trinajstić information content (AvgIpc) is 2.62. The van der Waals surface area contributed by atoms with Gasteiger partial charge in [0.25, 0.3) is 0 Å². The molecule has 0 spiro atoms. The summed E-state index contributed by atoms with van der Waals surface area (Å²) in [7, 11) is 0. The van der Waals surface area contributed by atoms with E-state index in [9.17, 15) is 0 Å². The van der Waals surface area contributed by atoms with Crippen LogP contribution in [0.5, 0.6) is 0 Å². The van der Waals surface area contributed by atoms with E-state index in [-0.39, 0.29) is 6.04 Å². The van der Waals surface area contributed by atoms with Gasteiger partial charge in [-0.25, -0.2) is 4.68 Å². The number of nitrogens with two attached hydrogens (primary N) is 1. The van der Waals surface area contributed by atoms with E-state index in [2.05, 4.69) is 5.10 Å². The fourth-order valence-corrected chi connectivity index (χ4v) is 2.16. The van der Waals surface area contributed by atoms with Crippen molar-refractivity contribution in [2.75, 3.05) is 0 Å². The Morgan fingerprint density at radius 1 is 1.62 bits per heavy atom. The van der Waals surface area contributed by atoms with Crippen LogP contribution in [0.4, 0.5) is 0 Å². The van der Waals surface area contributed by atoms with Crippen LogP contribution < -0.4 is 5.73 Å². The summed E-state index contributed by atoms with van der Waals surface area (Å²) in [6.07, 6.45) is 5.16. The Morgan fingerprint density at radius 3 is 2.85 bits per heavy atom. The van der Waals surface area contributed by atoms with Crippen LogP contribution in [-0.4, -0.2) is 15.8 Å². The van der Waals surface area contributed by atoms with Crippen LogP contribution in [0, 0.1) is 6.92 Å². The molecule has 72 valence electrons. The maximum atomic E-state index is 6.10. The van der Waals surface area contributed by atoms with Gasteiger partial charge >= 0.3 is 0 Å². The van der Waals surface area contributed by atoms with Gasteiger partial charge in [0.15, 0.2) is 0 Å². The van der Waals surface area contributed by atoms with Crippen molar-refractivity contribution >= 4 is 11.6 Å². The van der Waals surface area contributed by atoms with Gasteiger partial charge in [-0.05, 0) is 26.2 Å². The quantitative estimate of drug-likeness (QED) is 0.751. The van der Waals surface area contributed by atoms with Crippen LogP contribution in [-0.2, 0) is 0 Å². The second kappa shape index (κ2) is 3.31. The zero-order chi connectivity index (χ0) is 9.42. The zero-order valence-electron chi connectivity index (χ0n) is 7.70. The highest BCUT2D eigenvalue weighted by Gasteiger charge is 2.27. The van der Waals surface area contributed by atoms with Gasteiger partial charge in [-0.2, -0.15) is 5.10 Å². The normalized spacial score (nSPS) is 28.2. The fourth-order valence-electron chi connectivity index (χ4n) is 1.94. The predicted molar refractivity (Wildman–Crippen MR) is 52.8 cm³/mol. The van der Waals surface area contributed by atoms with Crippen molar-refractivity contribution in [2.24, 2.45) is 5.73 Å². The van der Waals surface area contributed by atoms with Gasteiger partial charge in [0.05, 0.1) is 12.2 Å². The second-order valence-corrected chi connectivity index (χ2v) is 4.08. The molecule has 1 aromatic rings. The third kappa shape index (κ3) is 1.46. The summed E-state index contributed by atoms with van der Waals surface area (Å²) < 4.78 is 1.87. The van der Waals surface area contributed by atoms with Crippen LogP contribution in [0.25, 0.3) is 0 Å². The van der Waals surface area contributed by atoms with E-state index >= 15 is 0 Å². The third-order valence-electron chi connectivity index (χ3n) is 2.75. The minimum absolute atomic E-state index is 0.219. The van der Waals surface area contributed by atoms with Gasteiger partial charge in [0.2, 0.25) is 0 Å². The fraction of sp³-hybridized carbons (Fsp3) is 0.667. The lowest BCUT2D eigenvalue weighted by molar-refractivity contribution is 0.422. The maximum absolute atomic E-state index is 6.10. The highest BCUT2D eigenvalue weighted by Crippen LogP contribution is 2.31. The van der Waals surface area contributed by atoms with Crippen LogP contribution in [0.3, 0.4) is 0 Å². The lowest BCUT2D eigenvalue weighted by Gasteiger charge is -2.16. The molecule has 0 aliphatic heterocycles. The van der Waals surface area contributed by atoms with Crippen molar-refractivity contribution in [3.8, 4) is 0 Å². The Morgan fingerprint density at radius 2 is 2.38 bits per heavy atom. The highest BCUT2D eigenvalue weighted by molar-refractivity contribution is 6.30. The minimum Gasteiger partial charge on any atom is -0.326 e. The molecule has 1 saturated carbocycles. The van der Waals surface area contributed by atoms with Crippen molar-refractivity contribution in [1.82, 2.24) is 9.78 Å². The van der Waals surface area contributed by atoms with Crippen LogP contribution in [0.15, 0.2) is 6.20 Å².